The molecule has 34 heavy (non-hydrogen) atoms. The maximum atomic E-state index is 13.3. The Hall–Kier alpha value is -2.90. The van der Waals surface area contributed by atoms with E-state index in [1.54, 1.807) is 37.3 Å². The monoisotopic (exact) mass is 479 g/mol. The van der Waals surface area contributed by atoms with Crippen molar-refractivity contribution in [3.63, 3.8) is 0 Å². The van der Waals surface area contributed by atoms with Crippen molar-refractivity contribution in [3.8, 4) is 0 Å². The maximum Gasteiger partial charge on any atom is 0.261 e. The Balaban J connectivity index is 1.49. The Bertz CT molecular complexity index is 1170. The molecule has 1 amide bonds. The highest BCUT2D eigenvalue weighted by Gasteiger charge is 2.57. The molecule has 2 aromatic rings. The van der Waals surface area contributed by atoms with Gasteiger partial charge in [-0.3, -0.25) is 9.52 Å². The average Bonchev–Trinajstić information content (AvgIpc) is 3.27. The van der Waals surface area contributed by atoms with Crippen LogP contribution in [0.1, 0.15) is 30.9 Å². The van der Waals surface area contributed by atoms with Gasteiger partial charge in [-0.25, -0.2) is 8.42 Å². The van der Waals surface area contributed by atoms with Crippen LogP contribution in [0.2, 0.25) is 0 Å². The molecule has 180 valence electrons. The van der Waals surface area contributed by atoms with Gasteiger partial charge in [-0.1, -0.05) is 54.6 Å². The Labute approximate surface area is 202 Å². The fraction of sp³-hybridized carbons (Fsp3) is 0.370. The third kappa shape index (κ3) is 5.26. The van der Waals surface area contributed by atoms with Crippen LogP contribution in [0.15, 0.2) is 83.9 Å². The first-order chi connectivity index (χ1) is 16.4. The van der Waals surface area contributed by atoms with E-state index in [1.807, 2.05) is 24.3 Å². The number of carbonyl (C=O) groups excluding carboxylic acids is 1. The van der Waals surface area contributed by atoms with Crippen molar-refractivity contribution in [1.29, 1.82) is 0 Å². The Morgan fingerprint density at radius 1 is 1.15 bits per heavy atom. The lowest BCUT2D eigenvalue weighted by Gasteiger charge is -2.25. The molecule has 6 nitrogen and oxygen atoms in total. The Morgan fingerprint density at radius 3 is 2.53 bits per heavy atom. The maximum absolute atomic E-state index is 13.3. The molecule has 1 saturated carbocycles. The molecule has 1 aliphatic heterocycles. The third-order valence-electron chi connectivity index (χ3n) is 6.84. The number of amides is 1. The van der Waals surface area contributed by atoms with Crippen LogP contribution in [-0.4, -0.2) is 33.0 Å². The summed E-state index contributed by atoms with van der Waals surface area (Å²) >= 11 is 0. The zero-order valence-corrected chi connectivity index (χ0v) is 20.4. The largest absolute Gasteiger partial charge is 0.344 e. The van der Waals surface area contributed by atoms with E-state index in [-0.39, 0.29) is 22.6 Å². The highest BCUT2D eigenvalue weighted by molar-refractivity contribution is 7.89. The van der Waals surface area contributed by atoms with Gasteiger partial charge in [0.2, 0.25) is 5.91 Å². The summed E-state index contributed by atoms with van der Waals surface area (Å²) in [6, 6.07) is 17.2. The fourth-order valence-electron chi connectivity index (χ4n) is 4.71. The van der Waals surface area contributed by atoms with E-state index >= 15 is 0 Å². The highest BCUT2D eigenvalue weighted by atomic mass is 32.2. The predicted molar refractivity (Wildman–Crippen MR) is 135 cm³/mol. The number of allylic oxidation sites excluding steroid dienone is 1. The van der Waals surface area contributed by atoms with Crippen LogP contribution in [0, 0.1) is 11.8 Å². The van der Waals surface area contributed by atoms with Crippen LogP contribution < -0.4 is 15.4 Å². The van der Waals surface area contributed by atoms with E-state index in [2.05, 4.69) is 34.1 Å². The first kappa shape index (κ1) is 24.2. The van der Waals surface area contributed by atoms with Crippen LogP contribution in [0.4, 0.5) is 0 Å². The van der Waals surface area contributed by atoms with Crippen molar-refractivity contribution in [2.75, 3.05) is 13.1 Å². The molecule has 4 rings (SSSR count). The summed E-state index contributed by atoms with van der Waals surface area (Å²) in [6.45, 7) is 7.14. The first-order valence-corrected chi connectivity index (χ1v) is 13.3. The topological polar surface area (TPSA) is 87.3 Å². The minimum absolute atomic E-state index is 0.0167. The summed E-state index contributed by atoms with van der Waals surface area (Å²) in [4.78, 5) is 13.1. The lowest BCUT2D eigenvalue weighted by molar-refractivity contribution is -0.125. The first-order valence-electron chi connectivity index (χ1n) is 11.9. The lowest BCUT2D eigenvalue weighted by Crippen LogP contribution is -2.47. The number of benzene rings is 2. The summed E-state index contributed by atoms with van der Waals surface area (Å²) in [6.07, 6.45) is 6.53. The van der Waals surface area contributed by atoms with Crippen LogP contribution >= 0.6 is 0 Å². The zero-order chi connectivity index (χ0) is 24.2. The standard InChI is InChI=1S/C27H33N3O3S/c1-3-23-18-27(23,29-26(31)22-15-16-28-19-22)25(4-2)30-34(32,33)24-12-8-11-21(17-24)14-13-20-9-6-5-7-10-20/h3-12,17,22-23,28,30H,1,13-16,18-19H2,2H3,(H,29,31)/t22?,23-,27-/m1/s1. The van der Waals surface area contributed by atoms with Gasteiger partial charge in [0.25, 0.3) is 10.0 Å². The van der Waals surface area contributed by atoms with Crippen molar-refractivity contribution in [2.45, 2.75) is 43.0 Å². The molecule has 7 heteroatoms. The fourth-order valence-corrected chi connectivity index (χ4v) is 5.98. The lowest BCUT2D eigenvalue weighted by atomic mass is 10.0. The van der Waals surface area contributed by atoms with Crippen LogP contribution in [0.5, 0.6) is 0 Å². The molecule has 2 aromatic carbocycles. The second-order valence-electron chi connectivity index (χ2n) is 9.14. The van der Waals surface area contributed by atoms with E-state index in [4.69, 9.17) is 0 Å². The molecule has 3 N–H and O–H groups in total. The average molecular weight is 480 g/mol. The summed E-state index contributed by atoms with van der Waals surface area (Å²) in [5.41, 5.74) is 1.91. The number of rotatable bonds is 10. The van der Waals surface area contributed by atoms with Crippen molar-refractivity contribution in [1.82, 2.24) is 15.4 Å². The van der Waals surface area contributed by atoms with Crippen LogP contribution in [-0.2, 0) is 27.7 Å². The molecule has 2 fully saturated rings. The van der Waals surface area contributed by atoms with E-state index < -0.39 is 15.6 Å². The van der Waals surface area contributed by atoms with Gasteiger partial charge < -0.3 is 10.6 Å². The molecule has 1 heterocycles. The highest BCUT2D eigenvalue weighted by Crippen LogP contribution is 2.49. The Morgan fingerprint density at radius 2 is 1.88 bits per heavy atom. The molecule has 0 spiro atoms. The summed E-state index contributed by atoms with van der Waals surface area (Å²) in [7, 11) is -3.82. The van der Waals surface area contributed by atoms with Crippen molar-refractivity contribution in [2.24, 2.45) is 11.8 Å². The Kier molecular flexibility index (Phi) is 7.24. The molecule has 1 saturated heterocycles. The molecule has 0 radical (unpaired) electrons. The molecule has 2 aliphatic rings. The quantitative estimate of drug-likeness (QED) is 0.456. The van der Waals surface area contributed by atoms with Gasteiger partial charge in [0.1, 0.15) is 0 Å². The second kappa shape index (κ2) is 10.2. The van der Waals surface area contributed by atoms with Crippen LogP contribution in [0.25, 0.3) is 0 Å². The van der Waals surface area contributed by atoms with Crippen molar-refractivity contribution >= 4 is 15.9 Å². The number of hydrogen-bond acceptors (Lipinski definition) is 4. The molecule has 1 aliphatic carbocycles. The van der Waals surface area contributed by atoms with Gasteiger partial charge in [-0.2, -0.15) is 0 Å². The number of aryl methyl sites for hydroxylation is 2. The minimum Gasteiger partial charge on any atom is -0.344 e. The smallest absolute Gasteiger partial charge is 0.261 e. The second-order valence-corrected chi connectivity index (χ2v) is 10.8. The van der Waals surface area contributed by atoms with Gasteiger partial charge >= 0.3 is 0 Å². The number of carbonyl (C=O) groups is 1. The van der Waals surface area contributed by atoms with Gasteiger partial charge in [-0.15, -0.1) is 6.58 Å². The third-order valence-corrected chi connectivity index (χ3v) is 8.21. The van der Waals surface area contributed by atoms with Gasteiger partial charge in [0.05, 0.1) is 16.4 Å². The van der Waals surface area contributed by atoms with Gasteiger partial charge in [0.15, 0.2) is 0 Å². The van der Waals surface area contributed by atoms with Gasteiger partial charge in [0, 0.05) is 18.2 Å². The molecule has 3 atom stereocenters. The molecule has 0 bridgehead atoms. The SMILES string of the molecule is C=C[C@@H]1C[C@]1(NC(=O)C1CCNC1)C(=CC)NS(=O)(=O)c1cccc(CCc2ccccc2)c1. The molecule has 0 aromatic heterocycles. The van der Waals surface area contributed by atoms with E-state index in [0.717, 1.165) is 31.4 Å². The molecular weight excluding hydrogens is 446 g/mol. The summed E-state index contributed by atoms with van der Waals surface area (Å²) in [5.74, 6) is -0.160. The number of hydrogen-bond donors (Lipinski definition) is 3. The zero-order valence-electron chi connectivity index (χ0n) is 19.6. The van der Waals surface area contributed by atoms with E-state index in [0.29, 0.717) is 18.7 Å². The number of nitrogens with one attached hydrogen (secondary N) is 3. The van der Waals surface area contributed by atoms with Crippen molar-refractivity contribution in [3.05, 3.63) is 90.2 Å². The van der Waals surface area contributed by atoms with Gasteiger partial charge in [-0.05, 0) is 62.4 Å². The predicted octanol–water partition coefficient (Wildman–Crippen LogP) is 3.32. The molecular formula is C27H33N3O3S. The van der Waals surface area contributed by atoms with E-state index in [1.165, 1.54) is 5.56 Å². The summed E-state index contributed by atoms with van der Waals surface area (Å²) in [5, 5.41) is 6.35. The number of sulfonamides is 1. The summed E-state index contributed by atoms with van der Waals surface area (Å²) < 4.78 is 29.5. The normalized spacial score (nSPS) is 24.4. The molecule has 1 unspecified atom stereocenters. The van der Waals surface area contributed by atoms with Crippen molar-refractivity contribution < 1.29 is 13.2 Å². The van der Waals surface area contributed by atoms with Crippen LogP contribution in [0.3, 0.4) is 0 Å². The van der Waals surface area contributed by atoms with E-state index in [9.17, 15) is 13.2 Å². The minimum atomic E-state index is -3.82.